The van der Waals surface area contributed by atoms with Crippen LogP contribution in [0, 0.1) is 0 Å². The van der Waals surface area contributed by atoms with Crippen LogP contribution in [-0.2, 0) is 4.74 Å². The summed E-state index contributed by atoms with van der Waals surface area (Å²) >= 11 is 0. The Labute approximate surface area is 108 Å². The van der Waals surface area contributed by atoms with Crippen LogP contribution in [0.15, 0.2) is 4.52 Å². The van der Waals surface area contributed by atoms with Gasteiger partial charge in [0.15, 0.2) is 5.82 Å². The van der Waals surface area contributed by atoms with Gasteiger partial charge in [-0.1, -0.05) is 19.0 Å². The maximum Gasteiger partial charge on any atom is 0.231 e. The molecule has 0 aromatic carbocycles. The summed E-state index contributed by atoms with van der Waals surface area (Å²) < 4.78 is 10.9. The molecule has 1 aliphatic heterocycles. The number of hydrogen-bond acceptors (Lipinski definition) is 5. The average molecular weight is 253 g/mol. The molecule has 0 bridgehead atoms. The molecule has 2 heterocycles. The molecule has 3 atom stereocenters. The molecule has 0 aliphatic carbocycles. The Kier molecular flexibility index (Phi) is 4.72. The fourth-order valence-electron chi connectivity index (χ4n) is 2.52. The smallest absolute Gasteiger partial charge is 0.231 e. The number of aromatic nitrogens is 2. The van der Waals surface area contributed by atoms with Gasteiger partial charge < -0.3 is 14.6 Å². The maximum atomic E-state index is 5.46. The van der Waals surface area contributed by atoms with Crippen LogP contribution in [-0.4, -0.2) is 36.4 Å². The minimum absolute atomic E-state index is 0.241. The Morgan fingerprint density at radius 1 is 1.50 bits per heavy atom. The van der Waals surface area contributed by atoms with E-state index in [4.69, 9.17) is 9.26 Å². The van der Waals surface area contributed by atoms with Gasteiger partial charge in [0, 0.05) is 18.6 Å². The van der Waals surface area contributed by atoms with Crippen molar-refractivity contribution in [2.24, 2.45) is 0 Å². The van der Waals surface area contributed by atoms with Gasteiger partial charge in [0.1, 0.15) is 0 Å². The summed E-state index contributed by atoms with van der Waals surface area (Å²) in [6, 6.07) is 0.376. The van der Waals surface area contributed by atoms with Crippen LogP contribution in [0.4, 0.5) is 0 Å². The van der Waals surface area contributed by atoms with Crippen molar-refractivity contribution in [2.45, 2.75) is 51.0 Å². The molecule has 1 aliphatic rings. The SMILES string of the molecule is CCC(NC)C(C)c1nc(C2CCCOC2)no1. The third-order valence-corrected chi connectivity index (χ3v) is 3.79. The highest BCUT2D eigenvalue weighted by molar-refractivity contribution is 5.01. The van der Waals surface area contributed by atoms with Crippen molar-refractivity contribution in [3.63, 3.8) is 0 Å². The number of likely N-dealkylation sites (N-methyl/N-ethyl adjacent to an activating group) is 1. The van der Waals surface area contributed by atoms with Gasteiger partial charge in [-0.2, -0.15) is 4.98 Å². The molecule has 102 valence electrons. The topological polar surface area (TPSA) is 60.2 Å². The van der Waals surface area contributed by atoms with E-state index in [9.17, 15) is 0 Å². The van der Waals surface area contributed by atoms with Crippen molar-refractivity contribution in [1.82, 2.24) is 15.5 Å². The number of ether oxygens (including phenoxy) is 1. The minimum Gasteiger partial charge on any atom is -0.381 e. The molecule has 5 nitrogen and oxygen atoms in total. The standard InChI is InChI=1S/C13H23N3O2/c1-4-11(14-3)9(2)13-15-12(16-18-13)10-6-5-7-17-8-10/h9-11,14H,4-8H2,1-3H3. The van der Waals surface area contributed by atoms with Gasteiger partial charge in [-0.15, -0.1) is 0 Å². The summed E-state index contributed by atoms with van der Waals surface area (Å²) in [6.45, 7) is 5.86. The molecular weight excluding hydrogens is 230 g/mol. The van der Waals surface area contributed by atoms with Crippen LogP contribution < -0.4 is 5.32 Å². The van der Waals surface area contributed by atoms with Crippen molar-refractivity contribution >= 4 is 0 Å². The van der Waals surface area contributed by atoms with Crippen molar-refractivity contribution in [2.75, 3.05) is 20.3 Å². The zero-order valence-electron chi connectivity index (χ0n) is 11.5. The normalized spacial score (nSPS) is 23.8. The largest absolute Gasteiger partial charge is 0.381 e. The monoisotopic (exact) mass is 253 g/mol. The number of nitrogens with one attached hydrogen (secondary N) is 1. The van der Waals surface area contributed by atoms with Crippen molar-refractivity contribution in [3.05, 3.63) is 11.7 Å². The lowest BCUT2D eigenvalue weighted by molar-refractivity contribution is 0.0773. The summed E-state index contributed by atoms with van der Waals surface area (Å²) in [5.74, 6) is 2.09. The van der Waals surface area contributed by atoms with E-state index in [-0.39, 0.29) is 5.92 Å². The molecule has 1 fully saturated rings. The van der Waals surface area contributed by atoms with Crippen molar-refractivity contribution in [1.29, 1.82) is 0 Å². The van der Waals surface area contributed by atoms with E-state index in [0.717, 1.165) is 44.2 Å². The van der Waals surface area contributed by atoms with Crippen molar-refractivity contribution in [3.8, 4) is 0 Å². The predicted octanol–water partition coefficient (Wildman–Crippen LogP) is 2.07. The number of rotatable bonds is 5. The maximum absolute atomic E-state index is 5.46. The molecule has 18 heavy (non-hydrogen) atoms. The summed E-state index contributed by atoms with van der Waals surface area (Å²) in [5, 5.41) is 7.40. The second-order valence-electron chi connectivity index (χ2n) is 5.00. The zero-order chi connectivity index (χ0) is 13.0. The molecule has 1 saturated heterocycles. The van der Waals surface area contributed by atoms with E-state index in [1.165, 1.54) is 0 Å². The first-order valence-corrected chi connectivity index (χ1v) is 6.84. The van der Waals surface area contributed by atoms with E-state index in [0.29, 0.717) is 12.0 Å². The first-order chi connectivity index (χ1) is 8.76. The second-order valence-corrected chi connectivity index (χ2v) is 5.00. The molecule has 0 amide bonds. The van der Waals surface area contributed by atoms with E-state index in [2.05, 4.69) is 29.3 Å². The van der Waals surface area contributed by atoms with E-state index < -0.39 is 0 Å². The Morgan fingerprint density at radius 3 is 2.94 bits per heavy atom. The Morgan fingerprint density at radius 2 is 2.33 bits per heavy atom. The van der Waals surface area contributed by atoms with Crippen LogP contribution in [0.3, 0.4) is 0 Å². The van der Waals surface area contributed by atoms with Crippen LogP contribution in [0.25, 0.3) is 0 Å². The number of hydrogen-bond donors (Lipinski definition) is 1. The van der Waals surface area contributed by atoms with Crippen molar-refractivity contribution < 1.29 is 9.26 Å². The van der Waals surface area contributed by atoms with Crippen LogP contribution in [0.1, 0.15) is 56.7 Å². The first kappa shape index (κ1) is 13.5. The van der Waals surface area contributed by atoms with E-state index in [1.807, 2.05) is 7.05 Å². The third kappa shape index (κ3) is 2.90. The molecule has 3 unspecified atom stereocenters. The lowest BCUT2D eigenvalue weighted by atomic mass is 9.99. The first-order valence-electron chi connectivity index (χ1n) is 6.84. The minimum atomic E-state index is 0.241. The molecule has 0 spiro atoms. The third-order valence-electron chi connectivity index (χ3n) is 3.79. The Hall–Kier alpha value is -0.940. The summed E-state index contributed by atoms with van der Waals surface area (Å²) in [5.41, 5.74) is 0. The quantitative estimate of drug-likeness (QED) is 0.870. The fourth-order valence-corrected chi connectivity index (χ4v) is 2.52. The zero-order valence-corrected chi connectivity index (χ0v) is 11.5. The molecule has 2 rings (SSSR count). The summed E-state index contributed by atoms with van der Waals surface area (Å²) in [4.78, 5) is 4.55. The van der Waals surface area contributed by atoms with E-state index >= 15 is 0 Å². The van der Waals surface area contributed by atoms with Crippen LogP contribution >= 0.6 is 0 Å². The van der Waals surface area contributed by atoms with Gasteiger partial charge in [0.2, 0.25) is 5.89 Å². The highest BCUT2D eigenvalue weighted by atomic mass is 16.5. The molecule has 1 aromatic rings. The lowest BCUT2D eigenvalue weighted by Crippen LogP contribution is -2.30. The molecule has 1 aromatic heterocycles. The van der Waals surface area contributed by atoms with Crippen LogP contribution in [0.2, 0.25) is 0 Å². The lowest BCUT2D eigenvalue weighted by Gasteiger charge is -2.19. The van der Waals surface area contributed by atoms with Gasteiger partial charge in [0.05, 0.1) is 12.5 Å². The van der Waals surface area contributed by atoms with Gasteiger partial charge in [0.25, 0.3) is 0 Å². The molecular formula is C13H23N3O2. The van der Waals surface area contributed by atoms with Gasteiger partial charge >= 0.3 is 0 Å². The highest BCUT2D eigenvalue weighted by Crippen LogP contribution is 2.26. The molecule has 0 saturated carbocycles. The summed E-state index contributed by atoms with van der Waals surface area (Å²) in [7, 11) is 1.97. The highest BCUT2D eigenvalue weighted by Gasteiger charge is 2.25. The van der Waals surface area contributed by atoms with Gasteiger partial charge in [-0.3, -0.25) is 0 Å². The second kappa shape index (κ2) is 6.29. The number of nitrogens with zero attached hydrogens (tertiary/aromatic N) is 2. The molecule has 0 radical (unpaired) electrons. The van der Waals surface area contributed by atoms with Gasteiger partial charge in [-0.25, -0.2) is 0 Å². The van der Waals surface area contributed by atoms with Crippen LogP contribution in [0.5, 0.6) is 0 Å². The Bertz CT molecular complexity index is 357. The van der Waals surface area contributed by atoms with E-state index in [1.54, 1.807) is 0 Å². The fraction of sp³-hybridized carbons (Fsp3) is 0.846. The summed E-state index contributed by atoms with van der Waals surface area (Å²) in [6.07, 6.45) is 3.22. The van der Waals surface area contributed by atoms with Gasteiger partial charge in [-0.05, 0) is 26.3 Å². The Balaban J connectivity index is 2.04. The average Bonchev–Trinajstić information content (AvgIpc) is 2.90. The molecule has 1 N–H and O–H groups in total. The molecule has 5 heteroatoms. The predicted molar refractivity (Wildman–Crippen MR) is 68.6 cm³/mol.